The van der Waals surface area contributed by atoms with Crippen molar-refractivity contribution in [3.8, 4) is 12.1 Å². The number of nitrogen functional groups attached to an aromatic ring is 1. The molecular weight excluding hydrogens is 240 g/mol. The van der Waals surface area contributed by atoms with Crippen LogP contribution in [0.3, 0.4) is 0 Å². The summed E-state index contributed by atoms with van der Waals surface area (Å²) in [6, 6.07) is 11.1. The van der Waals surface area contributed by atoms with E-state index in [1.165, 1.54) is 4.90 Å². The molecule has 0 aliphatic carbocycles. The molecule has 1 atom stereocenters. The Balaban J connectivity index is 2.67. The first kappa shape index (κ1) is 14.5. The minimum atomic E-state index is -0.188. The molecule has 2 N–H and O–H groups in total. The van der Waals surface area contributed by atoms with Gasteiger partial charge in [-0.05, 0) is 23.6 Å². The van der Waals surface area contributed by atoms with Crippen molar-refractivity contribution in [3.05, 3.63) is 29.8 Å². The summed E-state index contributed by atoms with van der Waals surface area (Å²) in [7, 11) is 0. The molecule has 98 valence electrons. The summed E-state index contributed by atoms with van der Waals surface area (Å²) in [5.74, 6) is -0.166. The fourth-order valence-corrected chi connectivity index (χ4v) is 1.74. The van der Waals surface area contributed by atoms with Crippen LogP contribution in [0.1, 0.15) is 24.8 Å². The fraction of sp³-hybridized carbons (Fsp3) is 0.357. The number of rotatable bonds is 5. The monoisotopic (exact) mass is 256 g/mol. The molecule has 0 saturated carbocycles. The van der Waals surface area contributed by atoms with Crippen LogP contribution < -0.4 is 5.73 Å². The van der Waals surface area contributed by atoms with Crippen molar-refractivity contribution in [2.45, 2.75) is 19.3 Å². The highest BCUT2D eigenvalue weighted by Gasteiger charge is 2.17. The Hall–Kier alpha value is -2.53. The Kier molecular flexibility index (Phi) is 5.37. The van der Waals surface area contributed by atoms with Gasteiger partial charge < -0.3 is 10.6 Å². The van der Waals surface area contributed by atoms with Gasteiger partial charge in [0.1, 0.15) is 13.1 Å². The van der Waals surface area contributed by atoms with Crippen molar-refractivity contribution in [2.75, 3.05) is 18.8 Å². The van der Waals surface area contributed by atoms with Gasteiger partial charge in [-0.3, -0.25) is 4.79 Å². The van der Waals surface area contributed by atoms with E-state index in [0.717, 1.165) is 5.56 Å². The maximum Gasteiger partial charge on any atom is 0.224 e. The number of hydrogen-bond donors (Lipinski definition) is 1. The molecule has 1 amide bonds. The lowest BCUT2D eigenvalue weighted by molar-refractivity contribution is -0.130. The molecule has 1 rings (SSSR count). The standard InChI is InChI=1S/C14H16N4O/c1-11(12-2-4-13(17)5-3-12)10-14(19)18(8-6-15)9-7-16/h2-5,11H,8-10,17H2,1H3. The maximum atomic E-state index is 12.0. The fourth-order valence-electron chi connectivity index (χ4n) is 1.74. The predicted octanol–water partition coefficient (Wildman–Crippen LogP) is 1.64. The third-order valence-corrected chi connectivity index (χ3v) is 2.86. The first-order chi connectivity index (χ1) is 9.08. The maximum absolute atomic E-state index is 12.0. The Labute approximate surface area is 112 Å². The summed E-state index contributed by atoms with van der Waals surface area (Å²) in [4.78, 5) is 13.2. The zero-order chi connectivity index (χ0) is 14.3. The van der Waals surface area contributed by atoms with E-state index in [-0.39, 0.29) is 31.3 Å². The van der Waals surface area contributed by atoms with Gasteiger partial charge in [-0.1, -0.05) is 19.1 Å². The van der Waals surface area contributed by atoms with Gasteiger partial charge in [-0.2, -0.15) is 10.5 Å². The van der Waals surface area contributed by atoms with Crippen LogP contribution in [-0.4, -0.2) is 23.9 Å². The number of carbonyl (C=O) groups is 1. The van der Waals surface area contributed by atoms with Gasteiger partial charge in [0.25, 0.3) is 0 Å². The number of carbonyl (C=O) groups excluding carboxylic acids is 1. The summed E-state index contributed by atoms with van der Waals surface area (Å²) in [6.07, 6.45) is 0.271. The van der Waals surface area contributed by atoms with Crippen molar-refractivity contribution < 1.29 is 4.79 Å². The van der Waals surface area contributed by atoms with Crippen LogP contribution in [0.4, 0.5) is 5.69 Å². The van der Waals surface area contributed by atoms with E-state index in [2.05, 4.69) is 0 Å². The molecule has 0 aliphatic heterocycles. The number of anilines is 1. The van der Waals surface area contributed by atoms with E-state index in [1.54, 1.807) is 12.1 Å². The SMILES string of the molecule is CC(CC(=O)N(CC#N)CC#N)c1ccc(N)cc1. The molecule has 0 heterocycles. The van der Waals surface area contributed by atoms with Crippen molar-refractivity contribution in [1.82, 2.24) is 4.90 Å². The van der Waals surface area contributed by atoms with Crippen LogP contribution in [0.25, 0.3) is 0 Å². The van der Waals surface area contributed by atoms with Gasteiger partial charge in [0, 0.05) is 12.1 Å². The summed E-state index contributed by atoms with van der Waals surface area (Å²) in [5.41, 5.74) is 7.30. The van der Waals surface area contributed by atoms with Crippen molar-refractivity contribution >= 4 is 11.6 Å². The number of nitriles is 2. The third-order valence-electron chi connectivity index (χ3n) is 2.86. The molecule has 0 saturated heterocycles. The molecular formula is C14H16N4O. The van der Waals surface area contributed by atoms with Crippen LogP contribution in [0.5, 0.6) is 0 Å². The van der Waals surface area contributed by atoms with Crippen LogP contribution in [-0.2, 0) is 4.79 Å². The van der Waals surface area contributed by atoms with E-state index in [9.17, 15) is 4.79 Å². The Morgan fingerprint density at radius 2 is 1.79 bits per heavy atom. The van der Waals surface area contributed by atoms with Crippen LogP contribution >= 0.6 is 0 Å². The number of nitrogens with two attached hydrogens (primary N) is 1. The largest absolute Gasteiger partial charge is 0.399 e. The minimum Gasteiger partial charge on any atom is -0.399 e. The zero-order valence-corrected chi connectivity index (χ0v) is 10.8. The van der Waals surface area contributed by atoms with Crippen molar-refractivity contribution in [1.29, 1.82) is 10.5 Å². The number of hydrogen-bond acceptors (Lipinski definition) is 4. The van der Waals surface area contributed by atoms with E-state index in [4.69, 9.17) is 16.3 Å². The van der Waals surface area contributed by atoms with Gasteiger partial charge in [0.2, 0.25) is 5.91 Å². The van der Waals surface area contributed by atoms with Crippen molar-refractivity contribution in [2.24, 2.45) is 0 Å². The van der Waals surface area contributed by atoms with Crippen LogP contribution in [0.15, 0.2) is 24.3 Å². The van der Waals surface area contributed by atoms with Crippen LogP contribution in [0.2, 0.25) is 0 Å². The second kappa shape index (κ2) is 7.03. The predicted molar refractivity (Wildman–Crippen MR) is 71.7 cm³/mol. The first-order valence-electron chi connectivity index (χ1n) is 5.95. The van der Waals surface area contributed by atoms with Crippen LogP contribution in [0, 0.1) is 22.7 Å². The van der Waals surface area contributed by atoms with E-state index < -0.39 is 0 Å². The number of nitrogens with zero attached hydrogens (tertiary/aromatic N) is 3. The van der Waals surface area contributed by atoms with E-state index in [1.807, 2.05) is 31.2 Å². The second-order valence-corrected chi connectivity index (χ2v) is 4.34. The molecule has 1 aromatic rings. The van der Waals surface area contributed by atoms with Gasteiger partial charge in [-0.25, -0.2) is 0 Å². The molecule has 0 bridgehead atoms. The average molecular weight is 256 g/mol. The summed E-state index contributed by atoms with van der Waals surface area (Å²) in [6.45, 7) is 1.82. The van der Waals surface area contributed by atoms with Gasteiger partial charge in [0.05, 0.1) is 12.1 Å². The molecule has 19 heavy (non-hydrogen) atoms. The zero-order valence-electron chi connectivity index (χ0n) is 10.8. The first-order valence-corrected chi connectivity index (χ1v) is 5.95. The molecule has 1 aromatic carbocycles. The molecule has 5 nitrogen and oxygen atoms in total. The Morgan fingerprint density at radius 3 is 2.26 bits per heavy atom. The van der Waals surface area contributed by atoms with E-state index in [0.29, 0.717) is 5.69 Å². The summed E-state index contributed by atoms with van der Waals surface area (Å²) in [5, 5.41) is 17.3. The highest BCUT2D eigenvalue weighted by atomic mass is 16.2. The molecule has 0 aromatic heterocycles. The third kappa shape index (κ3) is 4.33. The Bertz CT molecular complexity index is 494. The normalized spacial score (nSPS) is 11.1. The molecule has 1 unspecified atom stereocenters. The number of benzene rings is 1. The minimum absolute atomic E-state index is 0.0213. The second-order valence-electron chi connectivity index (χ2n) is 4.34. The number of amides is 1. The van der Waals surface area contributed by atoms with Gasteiger partial charge in [-0.15, -0.1) is 0 Å². The molecule has 0 aliphatic rings. The molecule has 5 heteroatoms. The summed E-state index contributed by atoms with van der Waals surface area (Å²) >= 11 is 0. The topological polar surface area (TPSA) is 93.9 Å². The summed E-state index contributed by atoms with van der Waals surface area (Å²) < 4.78 is 0. The average Bonchev–Trinajstić information content (AvgIpc) is 2.39. The van der Waals surface area contributed by atoms with Crippen molar-refractivity contribution in [3.63, 3.8) is 0 Å². The lowest BCUT2D eigenvalue weighted by Crippen LogP contribution is -2.32. The lowest BCUT2D eigenvalue weighted by Gasteiger charge is -2.19. The highest BCUT2D eigenvalue weighted by Crippen LogP contribution is 2.20. The van der Waals surface area contributed by atoms with Gasteiger partial charge in [0.15, 0.2) is 0 Å². The quantitative estimate of drug-likeness (QED) is 0.640. The van der Waals surface area contributed by atoms with E-state index >= 15 is 0 Å². The smallest absolute Gasteiger partial charge is 0.224 e. The Morgan fingerprint density at radius 1 is 1.26 bits per heavy atom. The molecule has 0 spiro atoms. The lowest BCUT2D eigenvalue weighted by atomic mass is 9.97. The highest BCUT2D eigenvalue weighted by molar-refractivity contribution is 5.77. The van der Waals surface area contributed by atoms with Gasteiger partial charge >= 0.3 is 0 Å². The molecule has 0 radical (unpaired) electrons. The molecule has 0 fully saturated rings.